The van der Waals surface area contributed by atoms with Crippen LogP contribution in [0.15, 0.2) is 12.1 Å². The van der Waals surface area contributed by atoms with Crippen LogP contribution in [0, 0.1) is 21.4 Å². The van der Waals surface area contributed by atoms with E-state index in [-0.39, 0.29) is 29.3 Å². The Morgan fingerprint density at radius 1 is 1.52 bits per heavy atom. The predicted molar refractivity (Wildman–Crippen MR) is 69.7 cm³/mol. The summed E-state index contributed by atoms with van der Waals surface area (Å²) in [4.78, 5) is 21.5. The molecule has 0 aliphatic rings. The van der Waals surface area contributed by atoms with Crippen LogP contribution in [0.4, 0.5) is 5.69 Å². The van der Waals surface area contributed by atoms with E-state index in [2.05, 4.69) is 5.32 Å². The van der Waals surface area contributed by atoms with Gasteiger partial charge in [-0.25, -0.2) is 0 Å². The number of benzene rings is 1. The van der Waals surface area contributed by atoms with Gasteiger partial charge in [-0.05, 0) is 6.07 Å². The van der Waals surface area contributed by atoms with Crippen molar-refractivity contribution in [1.82, 2.24) is 5.32 Å². The van der Waals surface area contributed by atoms with Gasteiger partial charge in [0.15, 0.2) is 18.1 Å². The fourth-order valence-corrected chi connectivity index (χ4v) is 1.49. The van der Waals surface area contributed by atoms with Gasteiger partial charge in [0, 0.05) is 0 Å². The maximum Gasteiger partial charge on any atom is 0.278 e. The number of methoxy groups -OCH3 is 1. The predicted octanol–water partition coefficient (Wildman–Crippen LogP) is 0.114. The van der Waals surface area contributed by atoms with E-state index in [0.29, 0.717) is 0 Å². The summed E-state index contributed by atoms with van der Waals surface area (Å²) >= 11 is 0. The first-order valence-electron chi connectivity index (χ1n) is 5.76. The van der Waals surface area contributed by atoms with Gasteiger partial charge >= 0.3 is 0 Å². The molecular formula is C12H13N3O6. The summed E-state index contributed by atoms with van der Waals surface area (Å²) in [6.45, 7) is -1.12. The van der Waals surface area contributed by atoms with Crippen molar-refractivity contribution in [1.29, 1.82) is 5.26 Å². The van der Waals surface area contributed by atoms with Crippen molar-refractivity contribution in [3.8, 4) is 17.6 Å². The summed E-state index contributed by atoms with van der Waals surface area (Å²) in [6.07, 6.45) is 0. The molecule has 9 nitrogen and oxygen atoms in total. The van der Waals surface area contributed by atoms with Gasteiger partial charge in [0.25, 0.3) is 11.6 Å². The maximum absolute atomic E-state index is 11.3. The molecule has 1 aromatic rings. The largest absolute Gasteiger partial charge is 0.493 e. The van der Waals surface area contributed by atoms with Gasteiger partial charge < -0.3 is 19.9 Å². The number of nitro groups is 1. The number of hydrogen-bond acceptors (Lipinski definition) is 7. The van der Waals surface area contributed by atoms with Crippen LogP contribution in [0.25, 0.3) is 0 Å². The second kappa shape index (κ2) is 7.66. The molecule has 0 fully saturated rings. The second-order valence-electron chi connectivity index (χ2n) is 3.77. The molecule has 0 spiro atoms. The van der Waals surface area contributed by atoms with Crippen molar-refractivity contribution in [2.75, 3.05) is 20.3 Å². The number of amides is 1. The van der Waals surface area contributed by atoms with Crippen LogP contribution in [0.5, 0.6) is 11.5 Å². The Kier molecular flexibility index (Phi) is 5.91. The van der Waals surface area contributed by atoms with Crippen LogP contribution in [0.1, 0.15) is 5.56 Å². The fraction of sp³-hybridized carbons (Fsp3) is 0.333. The Morgan fingerprint density at radius 2 is 2.24 bits per heavy atom. The first-order chi connectivity index (χ1) is 10.0. The molecule has 0 aliphatic heterocycles. The third-order valence-electron chi connectivity index (χ3n) is 2.46. The van der Waals surface area contributed by atoms with E-state index in [0.717, 1.165) is 6.07 Å². The molecule has 1 amide bonds. The minimum Gasteiger partial charge on any atom is -0.493 e. The van der Waals surface area contributed by atoms with Crippen LogP contribution in [-0.4, -0.2) is 36.2 Å². The van der Waals surface area contributed by atoms with Crippen molar-refractivity contribution in [3.05, 3.63) is 27.8 Å². The van der Waals surface area contributed by atoms with Gasteiger partial charge in [0.2, 0.25) is 0 Å². The highest BCUT2D eigenvalue weighted by atomic mass is 16.6. The van der Waals surface area contributed by atoms with Crippen LogP contribution < -0.4 is 14.8 Å². The minimum absolute atomic E-state index is 0.00601. The summed E-state index contributed by atoms with van der Waals surface area (Å²) in [7, 11) is 1.32. The summed E-state index contributed by atoms with van der Waals surface area (Å²) in [6, 6.07) is 4.07. The molecule has 0 aliphatic carbocycles. The van der Waals surface area contributed by atoms with Gasteiger partial charge in [-0.1, -0.05) is 0 Å². The van der Waals surface area contributed by atoms with E-state index < -0.39 is 24.0 Å². The third-order valence-corrected chi connectivity index (χ3v) is 2.46. The number of hydrogen-bond donors (Lipinski definition) is 2. The molecule has 0 atom stereocenters. The number of nitrogens with one attached hydrogen (secondary N) is 1. The van der Waals surface area contributed by atoms with E-state index >= 15 is 0 Å². The van der Waals surface area contributed by atoms with Gasteiger partial charge in [-0.3, -0.25) is 14.9 Å². The zero-order valence-corrected chi connectivity index (χ0v) is 11.2. The zero-order chi connectivity index (χ0) is 15.8. The molecule has 1 aromatic carbocycles. The molecule has 0 saturated heterocycles. The Hall–Kier alpha value is -2.86. The number of nitro benzene ring substituents is 1. The van der Waals surface area contributed by atoms with E-state index in [1.165, 1.54) is 13.2 Å². The molecule has 0 unspecified atom stereocenters. The molecule has 0 bridgehead atoms. The summed E-state index contributed by atoms with van der Waals surface area (Å²) in [5.41, 5.74) is -0.274. The SMILES string of the molecule is COc1cc(CO)c([N+](=O)[O-])cc1OCC(=O)NCC#N. The molecule has 21 heavy (non-hydrogen) atoms. The molecular weight excluding hydrogens is 282 g/mol. The molecule has 1 rings (SSSR count). The zero-order valence-electron chi connectivity index (χ0n) is 11.2. The third kappa shape index (κ3) is 4.32. The lowest BCUT2D eigenvalue weighted by Gasteiger charge is -2.11. The lowest BCUT2D eigenvalue weighted by molar-refractivity contribution is -0.385. The summed E-state index contributed by atoms with van der Waals surface area (Å²) in [5.74, 6) is -0.404. The highest BCUT2D eigenvalue weighted by molar-refractivity contribution is 5.77. The number of ether oxygens (including phenoxy) is 2. The molecule has 112 valence electrons. The van der Waals surface area contributed by atoms with E-state index in [1.807, 2.05) is 0 Å². The number of carbonyl (C=O) groups excluding carboxylic acids is 1. The lowest BCUT2D eigenvalue weighted by atomic mass is 10.1. The molecule has 0 saturated carbocycles. The van der Waals surface area contributed by atoms with Crippen molar-refractivity contribution in [2.45, 2.75) is 6.61 Å². The van der Waals surface area contributed by atoms with Crippen molar-refractivity contribution < 1.29 is 24.3 Å². The maximum atomic E-state index is 11.3. The number of aliphatic hydroxyl groups excluding tert-OH is 1. The quantitative estimate of drug-likeness (QED) is 0.414. The Bertz CT molecular complexity index is 581. The van der Waals surface area contributed by atoms with Crippen LogP contribution in [0.3, 0.4) is 0 Å². The van der Waals surface area contributed by atoms with E-state index in [1.54, 1.807) is 6.07 Å². The van der Waals surface area contributed by atoms with Gasteiger partial charge in [0.05, 0.1) is 36.3 Å². The molecule has 0 radical (unpaired) electrons. The first-order valence-corrected chi connectivity index (χ1v) is 5.76. The van der Waals surface area contributed by atoms with Crippen molar-refractivity contribution >= 4 is 11.6 Å². The highest BCUT2D eigenvalue weighted by Gasteiger charge is 2.19. The number of aliphatic hydroxyl groups is 1. The normalized spacial score (nSPS) is 9.57. The molecule has 0 aromatic heterocycles. The average molecular weight is 295 g/mol. The topological polar surface area (TPSA) is 135 Å². The molecule has 2 N–H and O–H groups in total. The summed E-state index contributed by atoms with van der Waals surface area (Å²) in [5, 5.41) is 30.6. The first kappa shape index (κ1) is 16.2. The Labute approximate surface area is 119 Å². The second-order valence-corrected chi connectivity index (χ2v) is 3.77. The van der Waals surface area contributed by atoms with Gasteiger partial charge in [-0.2, -0.15) is 5.26 Å². The number of nitrogens with zero attached hydrogens (tertiary/aromatic N) is 2. The molecule has 0 heterocycles. The van der Waals surface area contributed by atoms with Crippen molar-refractivity contribution in [2.24, 2.45) is 0 Å². The van der Waals surface area contributed by atoms with E-state index in [4.69, 9.17) is 19.8 Å². The van der Waals surface area contributed by atoms with Crippen LogP contribution in [0.2, 0.25) is 0 Å². The standard InChI is InChI=1S/C12H13N3O6/c1-20-10-4-8(6-16)9(15(18)19)5-11(10)21-7-12(17)14-3-2-13/h4-5,16H,3,6-7H2,1H3,(H,14,17). The van der Waals surface area contributed by atoms with Crippen molar-refractivity contribution in [3.63, 3.8) is 0 Å². The number of rotatable bonds is 7. The number of nitriles is 1. The van der Waals surface area contributed by atoms with Gasteiger partial charge in [-0.15, -0.1) is 0 Å². The van der Waals surface area contributed by atoms with Gasteiger partial charge in [0.1, 0.15) is 6.54 Å². The van der Waals surface area contributed by atoms with Crippen LogP contribution >= 0.6 is 0 Å². The Balaban J connectivity index is 2.95. The fourth-order valence-electron chi connectivity index (χ4n) is 1.49. The highest BCUT2D eigenvalue weighted by Crippen LogP contribution is 2.34. The smallest absolute Gasteiger partial charge is 0.278 e. The monoisotopic (exact) mass is 295 g/mol. The van der Waals surface area contributed by atoms with E-state index in [9.17, 15) is 14.9 Å². The average Bonchev–Trinajstić information content (AvgIpc) is 2.49. The van der Waals surface area contributed by atoms with Crippen LogP contribution in [-0.2, 0) is 11.4 Å². The Morgan fingerprint density at radius 3 is 2.76 bits per heavy atom. The number of carbonyl (C=O) groups is 1. The summed E-state index contributed by atoms with van der Waals surface area (Å²) < 4.78 is 10.1. The minimum atomic E-state index is -0.673. The molecule has 9 heteroatoms. The lowest BCUT2D eigenvalue weighted by Crippen LogP contribution is -2.29.